The summed E-state index contributed by atoms with van der Waals surface area (Å²) in [6, 6.07) is 7.09. The smallest absolute Gasteiger partial charge is 0.251 e. The predicted octanol–water partition coefficient (Wildman–Crippen LogP) is 1.95. The van der Waals surface area contributed by atoms with Gasteiger partial charge in [0, 0.05) is 25.0 Å². The third-order valence-electron chi connectivity index (χ3n) is 3.42. The molecule has 2 rings (SSSR count). The molecule has 1 N–H and O–H groups in total. The summed E-state index contributed by atoms with van der Waals surface area (Å²) < 4.78 is 10.6. The van der Waals surface area contributed by atoms with Gasteiger partial charge in [-0.25, -0.2) is 0 Å². The highest BCUT2D eigenvalue weighted by molar-refractivity contribution is 7.99. The highest BCUT2D eigenvalue weighted by atomic mass is 32.2. The number of benzene rings is 1. The molecule has 0 bridgehead atoms. The first-order chi connectivity index (χ1) is 9.19. The van der Waals surface area contributed by atoms with E-state index in [1.807, 2.05) is 11.8 Å². The molecule has 1 fully saturated rings. The molecule has 1 heterocycles. The Morgan fingerprint density at radius 1 is 1.37 bits per heavy atom. The molecule has 0 saturated carbocycles. The summed E-state index contributed by atoms with van der Waals surface area (Å²) >= 11 is 1.87. The lowest BCUT2D eigenvalue weighted by Gasteiger charge is -2.26. The minimum Gasteiger partial charge on any atom is -0.497 e. The Labute approximate surface area is 117 Å². The molecule has 1 unspecified atom stereocenters. The van der Waals surface area contributed by atoms with Gasteiger partial charge in [-0.15, -0.1) is 0 Å². The number of ether oxygens (including phenoxy) is 2. The van der Waals surface area contributed by atoms with Crippen LogP contribution in [-0.2, 0) is 4.74 Å². The molecule has 19 heavy (non-hydrogen) atoms. The fraction of sp³-hybridized carbons (Fsp3) is 0.500. The number of amides is 1. The van der Waals surface area contributed by atoms with Crippen molar-refractivity contribution in [2.24, 2.45) is 0 Å². The van der Waals surface area contributed by atoms with Crippen LogP contribution in [0, 0.1) is 0 Å². The molecule has 1 aromatic rings. The number of carbonyl (C=O) groups is 1. The van der Waals surface area contributed by atoms with E-state index in [-0.39, 0.29) is 11.5 Å². The van der Waals surface area contributed by atoms with Crippen LogP contribution < -0.4 is 10.1 Å². The zero-order valence-corrected chi connectivity index (χ0v) is 12.1. The van der Waals surface area contributed by atoms with Crippen LogP contribution in [0.5, 0.6) is 5.75 Å². The molecule has 1 aromatic carbocycles. The minimum atomic E-state index is -0.202. The van der Waals surface area contributed by atoms with Crippen LogP contribution in [0.25, 0.3) is 0 Å². The molecule has 1 amide bonds. The van der Waals surface area contributed by atoms with Gasteiger partial charge in [-0.3, -0.25) is 4.79 Å². The van der Waals surface area contributed by atoms with Gasteiger partial charge in [0.15, 0.2) is 0 Å². The van der Waals surface area contributed by atoms with Crippen molar-refractivity contribution in [1.29, 1.82) is 0 Å². The summed E-state index contributed by atoms with van der Waals surface area (Å²) in [5.74, 6) is 2.70. The number of methoxy groups -OCH3 is 2. The van der Waals surface area contributed by atoms with E-state index in [9.17, 15) is 4.79 Å². The Hall–Kier alpha value is -1.20. The summed E-state index contributed by atoms with van der Waals surface area (Å²) in [7, 11) is 3.32. The Balaban J connectivity index is 1.93. The molecule has 0 aliphatic carbocycles. The van der Waals surface area contributed by atoms with E-state index in [0.717, 1.165) is 23.7 Å². The Morgan fingerprint density at radius 3 is 2.63 bits per heavy atom. The molecular formula is C14H19NO3S. The van der Waals surface area contributed by atoms with Gasteiger partial charge in [0.05, 0.1) is 12.7 Å². The van der Waals surface area contributed by atoms with Gasteiger partial charge in [0.1, 0.15) is 5.75 Å². The predicted molar refractivity (Wildman–Crippen MR) is 77.0 cm³/mol. The molecule has 0 aromatic heterocycles. The lowest BCUT2D eigenvalue weighted by molar-refractivity contribution is 0.0137. The van der Waals surface area contributed by atoms with E-state index in [2.05, 4.69) is 5.32 Å². The zero-order valence-electron chi connectivity index (χ0n) is 11.3. The quantitative estimate of drug-likeness (QED) is 0.896. The van der Waals surface area contributed by atoms with E-state index < -0.39 is 0 Å². The first-order valence-electron chi connectivity index (χ1n) is 6.24. The van der Waals surface area contributed by atoms with E-state index in [4.69, 9.17) is 9.47 Å². The van der Waals surface area contributed by atoms with Crippen LogP contribution in [0.2, 0.25) is 0 Å². The topological polar surface area (TPSA) is 47.6 Å². The fourth-order valence-corrected chi connectivity index (χ4v) is 3.44. The van der Waals surface area contributed by atoms with Crippen LogP contribution in [0.1, 0.15) is 16.8 Å². The summed E-state index contributed by atoms with van der Waals surface area (Å²) in [6.07, 6.45) is 0.983. The van der Waals surface area contributed by atoms with Crippen molar-refractivity contribution in [1.82, 2.24) is 5.32 Å². The summed E-state index contributed by atoms with van der Waals surface area (Å²) in [5, 5.41) is 2.95. The van der Waals surface area contributed by atoms with Gasteiger partial charge in [-0.05, 0) is 36.4 Å². The van der Waals surface area contributed by atoms with E-state index >= 15 is 0 Å². The van der Waals surface area contributed by atoms with E-state index in [1.165, 1.54) is 0 Å². The maximum absolute atomic E-state index is 12.0. The summed E-state index contributed by atoms with van der Waals surface area (Å²) in [5.41, 5.74) is 0.435. The molecule has 4 nitrogen and oxygen atoms in total. The fourth-order valence-electron chi connectivity index (χ4n) is 2.05. The first-order valence-corrected chi connectivity index (χ1v) is 7.40. The number of thioether (sulfide) groups is 1. The summed E-state index contributed by atoms with van der Waals surface area (Å²) in [6.45, 7) is 0.557. The second kappa shape index (κ2) is 6.30. The minimum absolute atomic E-state index is 0.0732. The Bertz CT molecular complexity index is 427. The molecule has 1 atom stereocenters. The van der Waals surface area contributed by atoms with Gasteiger partial charge in [-0.1, -0.05) is 0 Å². The van der Waals surface area contributed by atoms with Gasteiger partial charge in [-0.2, -0.15) is 11.8 Å². The number of nitrogens with one attached hydrogen (secondary N) is 1. The molecule has 104 valence electrons. The maximum Gasteiger partial charge on any atom is 0.251 e. The highest BCUT2D eigenvalue weighted by Gasteiger charge is 2.34. The summed E-state index contributed by atoms with van der Waals surface area (Å²) in [4.78, 5) is 12.0. The Kier molecular flexibility index (Phi) is 4.71. The SMILES string of the molecule is COc1ccc(C(=O)NCC2(OC)CCSC2)cc1. The number of hydrogen-bond acceptors (Lipinski definition) is 4. The molecule has 1 aliphatic rings. The lowest BCUT2D eigenvalue weighted by Crippen LogP contribution is -2.44. The zero-order chi connectivity index (χ0) is 13.7. The van der Waals surface area contributed by atoms with Crippen molar-refractivity contribution < 1.29 is 14.3 Å². The largest absolute Gasteiger partial charge is 0.497 e. The van der Waals surface area contributed by atoms with Crippen molar-refractivity contribution in [2.45, 2.75) is 12.0 Å². The molecule has 5 heteroatoms. The second-order valence-corrected chi connectivity index (χ2v) is 5.71. The lowest BCUT2D eigenvalue weighted by atomic mass is 10.0. The molecule has 1 aliphatic heterocycles. The van der Waals surface area contributed by atoms with Gasteiger partial charge >= 0.3 is 0 Å². The van der Waals surface area contributed by atoms with Gasteiger partial charge in [0.25, 0.3) is 5.91 Å². The number of carbonyl (C=O) groups excluding carboxylic acids is 1. The van der Waals surface area contributed by atoms with Crippen LogP contribution in [-0.4, -0.2) is 43.8 Å². The van der Waals surface area contributed by atoms with Crippen molar-refractivity contribution in [3.05, 3.63) is 29.8 Å². The molecule has 0 radical (unpaired) electrons. The highest BCUT2D eigenvalue weighted by Crippen LogP contribution is 2.30. The number of rotatable bonds is 5. The van der Waals surface area contributed by atoms with Crippen molar-refractivity contribution in [3.63, 3.8) is 0 Å². The molecule has 1 saturated heterocycles. The second-order valence-electron chi connectivity index (χ2n) is 4.60. The number of hydrogen-bond donors (Lipinski definition) is 1. The van der Waals surface area contributed by atoms with Crippen molar-refractivity contribution in [2.75, 3.05) is 32.3 Å². The van der Waals surface area contributed by atoms with Crippen LogP contribution in [0.4, 0.5) is 0 Å². The van der Waals surface area contributed by atoms with E-state index in [1.54, 1.807) is 38.5 Å². The third kappa shape index (κ3) is 3.42. The van der Waals surface area contributed by atoms with Crippen LogP contribution in [0.15, 0.2) is 24.3 Å². The standard InChI is InChI=1S/C14H19NO3S/c1-17-12-5-3-11(4-6-12)13(16)15-9-14(18-2)7-8-19-10-14/h3-6H,7-10H2,1-2H3,(H,15,16). The molecular weight excluding hydrogens is 262 g/mol. The van der Waals surface area contributed by atoms with Gasteiger partial charge < -0.3 is 14.8 Å². The van der Waals surface area contributed by atoms with Crippen molar-refractivity contribution >= 4 is 17.7 Å². The van der Waals surface area contributed by atoms with Crippen molar-refractivity contribution in [3.8, 4) is 5.75 Å². The van der Waals surface area contributed by atoms with Crippen LogP contribution in [0.3, 0.4) is 0 Å². The third-order valence-corrected chi connectivity index (χ3v) is 4.65. The first kappa shape index (κ1) is 14.2. The van der Waals surface area contributed by atoms with Gasteiger partial charge in [0.2, 0.25) is 0 Å². The van der Waals surface area contributed by atoms with Crippen LogP contribution >= 0.6 is 11.8 Å². The maximum atomic E-state index is 12.0. The Morgan fingerprint density at radius 2 is 2.11 bits per heavy atom. The molecule has 0 spiro atoms. The monoisotopic (exact) mass is 281 g/mol. The normalized spacial score (nSPS) is 22.2. The average molecular weight is 281 g/mol. The van der Waals surface area contributed by atoms with E-state index in [0.29, 0.717) is 12.1 Å². The average Bonchev–Trinajstić information content (AvgIpc) is 2.94.